The van der Waals surface area contributed by atoms with Crippen LogP contribution in [0.15, 0.2) is 28.7 Å². The van der Waals surface area contributed by atoms with Gasteiger partial charge in [0, 0.05) is 16.6 Å². The van der Waals surface area contributed by atoms with Crippen LogP contribution in [0.1, 0.15) is 44.7 Å². The fourth-order valence-electron chi connectivity index (χ4n) is 2.62. The molecule has 1 fully saturated rings. The van der Waals surface area contributed by atoms with Crippen molar-refractivity contribution in [3.8, 4) is 0 Å². The molecule has 2 heteroatoms. The van der Waals surface area contributed by atoms with E-state index in [9.17, 15) is 0 Å². The van der Waals surface area contributed by atoms with Crippen molar-refractivity contribution in [1.82, 2.24) is 4.90 Å². The molecule has 16 heavy (non-hydrogen) atoms. The number of hydrogen-bond donors (Lipinski definition) is 0. The Morgan fingerprint density at radius 1 is 1.50 bits per heavy atom. The highest BCUT2D eigenvalue weighted by Gasteiger charge is 2.28. The summed E-state index contributed by atoms with van der Waals surface area (Å²) in [4.78, 5) is 2.65. The number of hydrogen-bond acceptors (Lipinski definition) is 1. The molecule has 1 aromatic rings. The van der Waals surface area contributed by atoms with Gasteiger partial charge < -0.3 is 0 Å². The molecule has 0 aromatic heterocycles. The summed E-state index contributed by atoms with van der Waals surface area (Å²) in [5.74, 6) is 0. The molecule has 2 rings (SSSR count). The third-order valence-corrected chi connectivity index (χ3v) is 4.18. The predicted octanol–water partition coefficient (Wildman–Crippen LogP) is 4.38. The Morgan fingerprint density at radius 2 is 2.31 bits per heavy atom. The number of nitrogens with zero attached hydrogens (tertiary/aromatic N) is 1. The summed E-state index contributed by atoms with van der Waals surface area (Å²) >= 11 is 3.56. The zero-order valence-electron chi connectivity index (χ0n) is 10.1. The summed E-state index contributed by atoms with van der Waals surface area (Å²) in [6, 6.07) is 10.1. The first-order chi connectivity index (χ1) is 7.72. The van der Waals surface area contributed by atoms with Gasteiger partial charge in [0.25, 0.3) is 0 Å². The molecular formula is C14H20BrN. The minimum absolute atomic E-state index is 0.632. The lowest BCUT2D eigenvalue weighted by molar-refractivity contribution is 0.188. The molecule has 2 atom stereocenters. The van der Waals surface area contributed by atoms with Gasteiger partial charge in [-0.2, -0.15) is 0 Å². The van der Waals surface area contributed by atoms with Gasteiger partial charge in [0.1, 0.15) is 0 Å². The van der Waals surface area contributed by atoms with Crippen molar-refractivity contribution >= 4 is 15.9 Å². The molecule has 1 aliphatic heterocycles. The Kier molecular flexibility index (Phi) is 4.04. The van der Waals surface area contributed by atoms with Crippen LogP contribution in [0.5, 0.6) is 0 Å². The summed E-state index contributed by atoms with van der Waals surface area (Å²) < 4.78 is 1.20. The lowest BCUT2D eigenvalue weighted by Crippen LogP contribution is -2.32. The van der Waals surface area contributed by atoms with Crippen LogP contribution < -0.4 is 0 Å². The van der Waals surface area contributed by atoms with E-state index < -0.39 is 0 Å². The lowest BCUT2D eigenvalue weighted by Gasteiger charge is -2.30. The number of rotatable bonds is 3. The third kappa shape index (κ3) is 2.49. The number of halogens is 1. The van der Waals surface area contributed by atoms with E-state index in [1.807, 2.05) is 0 Å². The maximum atomic E-state index is 3.56. The van der Waals surface area contributed by atoms with Gasteiger partial charge in [-0.15, -0.1) is 0 Å². The second-order valence-electron chi connectivity index (χ2n) is 4.71. The van der Waals surface area contributed by atoms with Crippen LogP contribution in [0.25, 0.3) is 0 Å². The monoisotopic (exact) mass is 281 g/mol. The fourth-order valence-corrected chi connectivity index (χ4v) is 3.04. The normalized spacial score (nSPS) is 23.6. The van der Waals surface area contributed by atoms with Crippen molar-refractivity contribution in [2.24, 2.45) is 0 Å². The molecule has 0 radical (unpaired) electrons. The lowest BCUT2D eigenvalue weighted by atomic mass is 10.0. The zero-order chi connectivity index (χ0) is 11.5. The Bertz CT molecular complexity index is 350. The highest BCUT2D eigenvalue weighted by molar-refractivity contribution is 9.10. The predicted molar refractivity (Wildman–Crippen MR) is 72.6 cm³/mol. The average molecular weight is 282 g/mol. The molecule has 0 spiro atoms. The van der Waals surface area contributed by atoms with Crippen molar-refractivity contribution < 1.29 is 0 Å². The summed E-state index contributed by atoms with van der Waals surface area (Å²) in [5, 5.41) is 0. The topological polar surface area (TPSA) is 3.24 Å². The maximum absolute atomic E-state index is 3.56. The number of benzene rings is 1. The van der Waals surface area contributed by atoms with E-state index in [-0.39, 0.29) is 0 Å². The van der Waals surface area contributed by atoms with Crippen molar-refractivity contribution in [1.29, 1.82) is 0 Å². The van der Waals surface area contributed by atoms with Crippen LogP contribution in [0, 0.1) is 0 Å². The summed E-state index contributed by atoms with van der Waals surface area (Å²) in [7, 11) is 0. The van der Waals surface area contributed by atoms with Gasteiger partial charge in [-0.3, -0.25) is 4.90 Å². The highest BCUT2D eigenvalue weighted by Crippen LogP contribution is 2.34. The van der Waals surface area contributed by atoms with Crippen molar-refractivity contribution in [3.05, 3.63) is 34.3 Å². The molecule has 1 nitrogen and oxygen atoms in total. The minimum atomic E-state index is 0.632. The molecule has 2 unspecified atom stereocenters. The second kappa shape index (κ2) is 5.33. The Labute approximate surface area is 107 Å². The van der Waals surface area contributed by atoms with Gasteiger partial charge in [0.2, 0.25) is 0 Å². The molecular weight excluding hydrogens is 262 g/mol. The van der Waals surface area contributed by atoms with Crippen LogP contribution >= 0.6 is 15.9 Å². The van der Waals surface area contributed by atoms with Gasteiger partial charge in [-0.25, -0.2) is 0 Å². The van der Waals surface area contributed by atoms with Crippen molar-refractivity contribution in [2.75, 3.05) is 6.54 Å². The standard InChI is InChI=1S/C14H20BrN/c1-3-11(2)16-9-5-8-14(16)12-6-4-7-13(15)10-12/h4,6-7,10-11,14H,3,5,8-9H2,1-2H3. The molecule has 1 aliphatic rings. The zero-order valence-corrected chi connectivity index (χ0v) is 11.7. The second-order valence-corrected chi connectivity index (χ2v) is 5.62. The van der Waals surface area contributed by atoms with Crippen molar-refractivity contribution in [2.45, 2.75) is 45.2 Å². The van der Waals surface area contributed by atoms with E-state index in [2.05, 4.69) is 58.9 Å². The molecule has 1 saturated heterocycles. The van der Waals surface area contributed by atoms with E-state index >= 15 is 0 Å². The first-order valence-corrected chi connectivity index (χ1v) is 7.03. The first kappa shape index (κ1) is 12.1. The molecule has 1 aromatic carbocycles. The molecule has 1 heterocycles. The van der Waals surface area contributed by atoms with E-state index in [4.69, 9.17) is 0 Å². The Balaban J connectivity index is 2.19. The largest absolute Gasteiger partial charge is 0.294 e. The van der Waals surface area contributed by atoms with Crippen LogP contribution in [-0.2, 0) is 0 Å². The third-order valence-electron chi connectivity index (χ3n) is 3.68. The van der Waals surface area contributed by atoms with Gasteiger partial charge in [0.15, 0.2) is 0 Å². The van der Waals surface area contributed by atoms with Crippen molar-refractivity contribution in [3.63, 3.8) is 0 Å². The first-order valence-electron chi connectivity index (χ1n) is 6.23. The minimum Gasteiger partial charge on any atom is -0.294 e. The van der Waals surface area contributed by atoms with Gasteiger partial charge in [0.05, 0.1) is 0 Å². The maximum Gasteiger partial charge on any atom is 0.0351 e. The molecule has 88 valence electrons. The number of likely N-dealkylation sites (tertiary alicyclic amines) is 1. The van der Waals surface area contributed by atoms with Gasteiger partial charge in [-0.05, 0) is 50.4 Å². The van der Waals surface area contributed by atoms with Crippen LogP contribution in [0.3, 0.4) is 0 Å². The van der Waals surface area contributed by atoms with E-state index in [0.29, 0.717) is 12.1 Å². The van der Waals surface area contributed by atoms with Crippen LogP contribution in [0.4, 0.5) is 0 Å². The highest BCUT2D eigenvalue weighted by atomic mass is 79.9. The molecule has 0 saturated carbocycles. The summed E-state index contributed by atoms with van der Waals surface area (Å²) in [6.07, 6.45) is 3.88. The molecule has 0 amide bonds. The van der Waals surface area contributed by atoms with Crippen LogP contribution in [-0.4, -0.2) is 17.5 Å². The fraction of sp³-hybridized carbons (Fsp3) is 0.571. The van der Waals surface area contributed by atoms with E-state index in [1.54, 1.807) is 0 Å². The van der Waals surface area contributed by atoms with E-state index in [1.165, 1.54) is 35.8 Å². The molecule has 0 aliphatic carbocycles. The Morgan fingerprint density at radius 3 is 3.00 bits per heavy atom. The molecule has 0 N–H and O–H groups in total. The summed E-state index contributed by atoms with van der Waals surface area (Å²) in [5.41, 5.74) is 1.46. The van der Waals surface area contributed by atoms with E-state index in [0.717, 1.165) is 0 Å². The Hall–Kier alpha value is -0.340. The SMILES string of the molecule is CCC(C)N1CCCC1c1cccc(Br)c1. The van der Waals surface area contributed by atoms with Crippen LogP contribution in [0.2, 0.25) is 0 Å². The summed E-state index contributed by atoms with van der Waals surface area (Å²) in [6.45, 7) is 5.88. The quantitative estimate of drug-likeness (QED) is 0.795. The van der Waals surface area contributed by atoms with Gasteiger partial charge in [-0.1, -0.05) is 35.0 Å². The van der Waals surface area contributed by atoms with Gasteiger partial charge >= 0.3 is 0 Å². The average Bonchev–Trinajstić information content (AvgIpc) is 2.77. The smallest absolute Gasteiger partial charge is 0.0351 e. The molecule has 0 bridgehead atoms.